The van der Waals surface area contributed by atoms with E-state index in [1.807, 2.05) is 6.07 Å². The second-order valence-electron chi connectivity index (χ2n) is 7.91. The average molecular weight is 396 g/mol. The number of carbonyl (C=O) groups is 1. The van der Waals surface area contributed by atoms with Crippen LogP contribution in [-0.4, -0.2) is 64.3 Å². The Bertz CT molecular complexity index is 918. The zero-order chi connectivity index (χ0) is 20.4. The van der Waals surface area contributed by atoms with Crippen LogP contribution in [0.15, 0.2) is 35.3 Å². The fourth-order valence-corrected chi connectivity index (χ4v) is 4.15. The molecule has 0 spiro atoms. The number of amides is 1. The number of carbonyl (C=O) groups excluding carboxylic acids is 1. The monoisotopic (exact) mass is 396 g/mol. The summed E-state index contributed by atoms with van der Waals surface area (Å²) in [6, 6.07) is 7.90. The largest absolute Gasteiger partial charge is 0.352 e. The smallest absolute Gasteiger partial charge is 0.263 e. The zero-order valence-electron chi connectivity index (χ0n) is 17.1. The highest BCUT2D eigenvalue weighted by Crippen LogP contribution is 2.23. The van der Waals surface area contributed by atoms with Crippen molar-refractivity contribution in [2.75, 3.05) is 42.5 Å². The first-order chi connectivity index (χ1) is 14.0. The molecule has 0 aliphatic carbocycles. The molecule has 8 heteroatoms. The lowest BCUT2D eigenvalue weighted by atomic mass is 10.0. The molecule has 4 heterocycles. The van der Waals surface area contributed by atoms with Gasteiger partial charge in [-0.25, -0.2) is 0 Å². The Morgan fingerprint density at radius 3 is 2.41 bits per heavy atom. The minimum atomic E-state index is -0.256. The molecule has 1 amide bonds. The van der Waals surface area contributed by atoms with Gasteiger partial charge in [0, 0.05) is 52.0 Å². The van der Waals surface area contributed by atoms with Gasteiger partial charge in [-0.3, -0.25) is 9.59 Å². The number of aryl methyl sites for hydroxylation is 1. The summed E-state index contributed by atoms with van der Waals surface area (Å²) < 4.78 is 1.43. The van der Waals surface area contributed by atoms with E-state index in [4.69, 9.17) is 0 Å². The van der Waals surface area contributed by atoms with Gasteiger partial charge in [0.05, 0.1) is 0 Å². The number of anilines is 2. The van der Waals surface area contributed by atoms with Crippen molar-refractivity contribution in [3.63, 3.8) is 0 Å². The van der Waals surface area contributed by atoms with Crippen LogP contribution in [0.5, 0.6) is 0 Å². The van der Waals surface area contributed by atoms with Gasteiger partial charge in [0.15, 0.2) is 11.6 Å². The van der Waals surface area contributed by atoms with Crippen molar-refractivity contribution < 1.29 is 4.79 Å². The lowest BCUT2D eigenvalue weighted by Gasteiger charge is -2.36. The molecule has 0 saturated carbocycles. The highest BCUT2D eigenvalue weighted by molar-refractivity contribution is 5.94. The predicted molar refractivity (Wildman–Crippen MR) is 112 cm³/mol. The molecule has 1 atom stereocenters. The molecule has 2 saturated heterocycles. The molecule has 2 aromatic rings. The van der Waals surface area contributed by atoms with Gasteiger partial charge in [-0.2, -0.15) is 0 Å². The van der Waals surface area contributed by atoms with Crippen LogP contribution in [0.25, 0.3) is 0 Å². The number of pyridine rings is 1. The second-order valence-corrected chi connectivity index (χ2v) is 7.91. The molecule has 0 aromatic carbocycles. The predicted octanol–water partition coefficient (Wildman–Crippen LogP) is 1.52. The zero-order valence-corrected chi connectivity index (χ0v) is 17.1. The van der Waals surface area contributed by atoms with Crippen molar-refractivity contribution in [1.29, 1.82) is 0 Å². The van der Waals surface area contributed by atoms with E-state index in [-0.39, 0.29) is 17.0 Å². The Hall–Kier alpha value is -2.90. The first kappa shape index (κ1) is 19.4. The quantitative estimate of drug-likeness (QED) is 0.783. The minimum absolute atomic E-state index is 0.202. The fourth-order valence-electron chi connectivity index (χ4n) is 4.15. The highest BCUT2D eigenvalue weighted by Gasteiger charge is 2.25. The summed E-state index contributed by atoms with van der Waals surface area (Å²) in [4.78, 5) is 31.1. The lowest BCUT2D eigenvalue weighted by molar-refractivity contribution is 0.0744. The van der Waals surface area contributed by atoms with Crippen molar-refractivity contribution in [2.45, 2.75) is 32.2 Å². The molecule has 0 radical (unpaired) electrons. The van der Waals surface area contributed by atoms with Crippen molar-refractivity contribution in [1.82, 2.24) is 19.7 Å². The number of aromatic nitrogens is 3. The van der Waals surface area contributed by atoms with Crippen molar-refractivity contribution in [3.05, 3.63) is 46.4 Å². The molecule has 2 aliphatic heterocycles. The Kier molecular flexibility index (Phi) is 5.51. The molecule has 154 valence electrons. The third kappa shape index (κ3) is 3.97. The van der Waals surface area contributed by atoms with Crippen LogP contribution in [0.4, 0.5) is 11.6 Å². The van der Waals surface area contributed by atoms with Gasteiger partial charge in [-0.05, 0) is 50.5 Å². The van der Waals surface area contributed by atoms with Crippen molar-refractivity contribution >= 4 is 17.5 Å². The van der Waals surface area contributed by atoms with Crippen LogP contribution in [-0.2, 0) is 7.05 Å². The van der Waals surface area contributed by atoms with Crippen molar-refractivity contribution in [2.24, 2.45) is 7.05 Å². The number of hydrogen-bond donors (Lipinski definition) is 0. The van der Waals surface area contributed by atoms with Gasteiger partial charge in [0.25, 0.3) is 11.5 Å². The molecular weight excluding hydrogens is 368 g/mol. The Morgan fingerprint density at radius 1 is 1.00 bits per heavy atom. The van der Waals surface area contributed by atoms with E-state index in [0.29, 0.717) is 32.2 Å². The highest BCUT2D eigenvalue weighted by atomic mass is 16.2. The maximum absolute atomic E-state index is 12.7. The van der Waals surface area contributed by atoms with E-state index >= 15 is 0 Å². The first-order valence-electron chi connectivity index (χ1n) is 10.3. The Morgan fingerprint density at radius 2 is 1.72 bits per heavy atom. The number of hydrogen-bond acceptors (Lipinski definition) is 6. The standard InChI is InChI=1S/C21H28N6O2/c1-16-6-3-4-11-27(16)19-9-8-18(22-23-19)25-12-14-26(15-13-25)21(29)17-7-5-10-24(2)20(17)28/h5,7-10,16H,3-4,6,11-15H2,1-2H3. The van der Waals surface area contributed by atoms with Gasteiger partial charge in [0.1, 0.15) is 5.56 Å². The molecule has 2 aromatic heterocycles. The SMILES string of the molecule is CC1CCCCN1c1ccc(N2CCN(C(=O)c3cccn(C)c3=O)CC2)nn1. The minimum Gasteiger partial charge on any atom is -0.352 e. The molecule has 8 nitrogen and oxygen atoms in total. The fraction of sp³-hybridized carbons (Fsp3) is 0.524. The van der Waals surface area contributed by atoms with Crippen LogP contribution >= 0.6 is 0 Å². The van der Waals surface area contributed by atoms with E-state index in [1.165, 1.54) is 23.8 Å². The van der Waals surface area contributed by atoms with E-state index in [1.54, 1.807) is 30.3 Å². The number of piperazine rings is 1. The lowest BCUT2D eigenvalue weighted by Crippen LogP contribution is -2.50. The summed E-state index contributed by atoms with van der Waals surface area (Å²) in [7, 11) is 1.66. The summed E-state index contributed by atoms with van der Waals surface area (Å²) in [5.41, 5.74) is -0.0310. The Balaban J connectivity index is 1.39. The third-order valence-corrected chi connectivity index (χ3v) is 5.98. The molecule has 29 heavy (non-hydrogen) atoms. The summed E-state index contributed by atoms with van der Waals surface area (Å²) in [5, 5.41) is 8.90. The number of piperidine rings is 1. The maximum Gasteiger partial charge on any atom is 0.263 e. The molecular formula is C21H28N6O2. The van der Waals surface area contributed by atoms with Gasteiger partial charge in [-0.15, -0.1) is 10.2 Å². The molecule has 0 N–H and O–H groups in total. The number of nitrogens with zero attached hydrogens (tertiary/aromatic N) is 6. The molecule has 2 aliphatic rings. The van der Waals surface area contributed by atoms with Gasteiger partial charge in [0.2, 0.25) is 0 Å². The van der Waals surface area contributed by atoms with Crippen LogP contribution < -0.4 is 15.4 Å². The normalized spacial score (nSPS) is 20.1. The van der Waals surface area contributed by atoms with Crippen LogP contribution in [0.3, 0.4) is 0 Å². The molecule has 2 fully saturated rings. The first-order valence-corrected chi connectivity index (χ1v) is 10.3. The second kappa shape index (κ2) is 8.23. The van der Waals surface area contributed by atoms with Gasteiger partial charge in [-0.1, -0.05) is 0 Å². The summed E-state index contributed by atoms with van der Waals surface area (Å²) >= 11 is 0. The van der Waals surface area contributed by atoms with E-state index in [0.717, 1.165) is 18.2 Å². The summed E-state index contributed by atoms with van der Waals surface area (Å²) in [6.07, 6.45) is 5.34. The van der Waals surface area contributed by atoms with Gasteiger partial charge >= 0.3 is 0 Å². The van der Waals surface area contributed by atoms with Crippen molar-refractivity contribution in [3.8, 4) is 0 Å². The topological polar surface area (TPSA) is 74.6 Å². The maximum atomic E-state index is 12.7. The molecule has 1 unspecified atom stereocenters. The van der Waals surface area contributed by atoms with E-state index in [9.17, 15) is 9.59 Å². The van der Waals surface area contributed by atoms with Gasteiger partial charge < -0.3 is 19.3 Å². The Labute approximate surface area is 170 Å². The summed E-state index contributed by atoms with van der Waals surface area (Å²) in [5.74, 6) is 1.57. The molecule has 4 rings (SSSR count). The average Bonchev–Trinajstić information content (AvgIpc) is 2.76. The van der Waals surface area contributed by atoms with Crippen LogP contribution in [0.2, 0.25) is 0 Å². The molecule has 0 bridgehead atoms. The summed E-state index contributed by atoms with van der Waals surface area (Å²) in [6.45, 7) is 5.74. The van der Waals surface area contributed by atoms with Crippen LogP contribution in [0.1, 0.15) is 36.5 Å². The third-order valence-electron chi connectivity index (χ3n) is 5.98. The number of rotatable bonds is 3. The van der Waals surface area contributed by atoms with E-state index in [2.05, 4.69) is 33.0 Å². The van der Waals surface area contributed by atoms with Crippen LogP contribution in [0, 0.1) is 0 Å². The van der Waals surface area contributed by atoms with E-state index < -0.39 is 0 Å².